The fourth-order valence-electron chi connectivity index (χ4n) is 2.23. The summed E-state index contributed by atoms with van der Waals surface area (Å²) < 4.78 is 5.50. The van der Waals surface area contributed by atoms with E-state index < -0.39 is 0 Å². The summed E-state index contributed by atoms with van der Waals surface area (Å²) in [4.78, 5) is 2.18. The lowest BCUT2D eigenvalue weighted by Gasteiger charge is -2.33. The topological polar surface area (TPSA) is 62.3 Å². The van der Waals surface area contributed by atoms with Crippen LogP contribution in [0.15, 0.2) is 24.3 Å². The zero-order chi connectivity index (χ0) is 12.3. The van der Waals surface area contributed by atoms with Crippen molar-refractivity contribution < 1.29 is 4.74 Å². The number of para-hydroxylation sites is 1. The Balaban J connectivity index is 2.23. The van der Waals surface area contributed by atoms with Gasteiger partial charge in [0.25, 0.3) is 0 Å². The third-order valence-corrected chi connectivity index (χ3v) is 3.26. The Hall–Kier alpha value is -1.55. The third-order valence-electron chi connectivity index (χ3n) is 3.26. The van der Waals surface area contributed by atoms with E-state index in [1.807, 2.05) is 31.3 Å². The summed E-state index contributed by atoms with van der Waals surface area (Å²) in [5.74, 6) is 0.115. The Labute approximate surface area is 102 Å². The SMILES string of the molecule is CN(c1ccccc1C(=N)N)C1CCCOC1. The van der Waals surface area contributed by atoms with Crippen LogP contribution in [0.2, 0.25) is 0 Å². The molecule has 0 amide bonds. The van der Waals surface area contributed by atoms with E-state index in [1.165, 1.54) is 0 Å². The van der Waals surface area contributed by atoms with Crippen molar-refractivity contribution in [1.29, 1.82) is 5.41 Å². The highest BCUT2D eigenvalue weighted by molar-refractivity contribution is 6.00. The lowest BCUT2D eigenvalue weighted by molar-refractivity contribution is 0.0807. The first-order chi connectivity index (χ1) is 8.20. The van der Waals surface area contributed by atoms with Crippen LogP contribution < -0.4 is 10.6 Å². The molecule has 4 heteroatoms. The minimum atomic E-state index is 0.115. The summed E-state index contributed by atoms with van der Waals surface area (Å²) in [5.41, 5.74) is 7.41. The van der Waals surface area contributed by atoms with Crippen molar-refractivity contribution in [3.8, 4) is 0 Å². The lowest BCUT2D eigenvalue weighted by atomic mass is 10.1. The largest absolute Gasteiger partial charge is 0.384 e. The van der Waals surface area contributed by atoms with Crippen molar-refractivity contribution in [2.45, 2.75) is 18.9 Å². The first-order valence-corrected chi connectivity index (χ1v) is 5.94. The second kappa shape index (κ2) is 5.19. The number of hydrogen-bond donors (Lipinski definition) is 2. The number of nitrogens with zero attached hydrogens (tertiary/aromatic N) is 1. The molecule has 1 aromatic carbocycles. The van der Waals surface area contributed by atoms with E-state index in [9.17, 15) is 0 Å². The van der Waals surface area contributed by atoms with E-state index >= 15 is 0 Å². The molecule has 0 saturated carbocycles. The Morgan fingerprint density at radius 2 is 2.24 bits per heavy atom. The monoisotopic (exact) mass is 233 g/mol. The van der Waals surface area contributed by atoms with Gasteiger partial charge in [-0.1, -0.05) is 12.1 Å². The molecule has 1 unspecified atom stereocenters. The van der Waals surface area contributed by atoms with Gasteiger partial charge in [-0.3, -0.25) is 5.41 Å². The van der Waals surface area contributed by atoms with E-state index in [0.717, 1.165) is 37.3 Å². The van der Waals surface area contributed by atoms with Crippen molar-refractivity contribution in [2.24, 2.45) is 5.73 Å². The number of amidine groups is 1. The van der Waals surface area contributed by atoms with Crippen LogP contribution in [0.3, 0.4) is 0 Å². The zero-order valence-electron chi connectivity index (χ0n) is 10.1. The molecule has 1 saturated heterocycles. The average Bonchev–Trinajstić information content (AvgIpc) is 2.39. The van der Waals surface area contributed by atoms with E-state index in [0.29, 0.717) is 6.04 Å². The molecule has 0 aliphatic carbocycles. The highest BCUT2D eigenvalue weighted by atomic mass is 16.5. The molecule has 4 nitrogen and oxygen atoms in total. The number of benzene rings is 1. The molecule has 1 aromatic rings. The van der Waals surface area contributed by atoms with Gasteiger partial charge in [-0.25, -0.2) is 0 Å². The molecular weight excluding hydrogens is 214 g/mol. The number of nitrogens with one attached hydrogen (secondary N) is 1. The highest BCUT2D eigenvalue weighted by Gasteiger charge is 2.20. The van der Waals surface area contributed by atoms with Gasteiger partial charge in [0.2, 0.25) is 0 Å². The summed E-state index contributed by atoms with van der Waals surface area (Å²) in [5, 5.41) is 7.60. The molecule has 3 N–H and O–H groups in total. The molecular formula is C13H19N3O. The van der Waals surface area contributed by atoms with Gasteiger partial charge >= 0.3 is 0 Å². The summed E-state index contributed by atoms with van der Waals surface area (Å²) >= 11 is 0. The van der Waals surface area contributed by atoms with Gasteiger partial charge in [-0.15, -0.1) is 0 Å². The number of ether oxygens (including phenoxy) is 1. The van der Waals surface area contributed by atoms with Crippen LogP contribution in [0.4, 0.5) is 5.69 Å². The van der Waals surface area contributed by atoms with Crippen molar-refractivity contribution in [3.05, 3.63) is 29.8 Å². The molecule has 17 heavy (non-hydrogen) atoms. The van der Waals surface area contributed by atoms with Crippen LogP contribution in [0.1, 0.15) is 18.4 Å². The van der Waals surface area contributed by atoms with Crippen molar-refractivity contribution >= 4 is 11.5 Å². The van der Waals surface area contributed by atoms with Crippen LogP contribution in [-0.4, -0.2) is 32.1 Å². The predicted octanol–water partition coefficient (Wildman–Crippen LogP) is 1.59. The standard InChI is InChI=1S/C13H19N3O/c1-16(10-5-4-8-17-9-10)12-7-3-2-6-11(12)13(14)15/h2-3,6-7,10H,4-5,8-9H2,1H3,(H3,14,15). The number of anilines is 1. The quantitative estimate of drug-likeness (QED) is 0.615. The fourth-order valence-corrected chi connectivity index (χ4v) is 2.23. The Morgan fingerprint density at radius 3 is 2.88 bits per heavy atom. The van der Waals surface area contributed by atoms with Gasteiger partial charge in [0, 0.05) is 24.9 Å². The van der Waals surface area contributed by atoms with Crippen LogP contribution in [-0.2, 0) is 4.74 Å². The van der Waals surface area contributed by atoms with E-state index in [2.05, 4.69) is 4.90 Å². The predicted molar refractivity (Wildman–Crippen MR) is 69.7 cm³/mol. The molecule has 1 aliphatic heterocycles. The number of rotatable bonds is 3. The second-order valence-corrected chi connectivity index (χ2v) is 4.41. The van der Waals surface area contributed by atoms with Crippen molar-refractivity contribution in [1.82, 2.24) is 0 Å². The van der Waals surface area contributed by atoms with E-state index in [4.69, 9.17) is 15.9 Å². The van der Waals surface area contributed by atoms with Gasteiger partial charge in [-0.05, 0) is 25.0 Å². The first-order valence-electron chi connectivity index (χ1n) is 5.94. The maximum absolute atomic E-state index is 7.60. The molecule has 1 heterocycles. The third kappa shape index (κ3) is 2.58. The van der Waals surface area contributed by atoms with E-state index in [-0.39, 0.29) is 5.84 Å². The van der Waals surface area contributed by atoms with Gasteiger partial charge in [0.05, 0.1) is 12.6 Å². The number of likely N-dealkylation sites (N-methyl/N-ethyl adjacent to an activating group) is 1. The molecule has 2 rings (SSSR count). The summed E-state index contributed by atoms with van der Waals surface area (Å²) in [6.07, 6.45) is 2.22. The molecule has 1 atom stereocenters. The number of nitrogen functional groups attached to an aromatic ring is 1. The lowest BCUT2D eigenvalue weighted by Crippen LogP contribution is -2.39. The zero-order valence-corrected chi connectivity index (χ0v) is 10.1. The Morgan fingerprint density at radius 1 is 1.47 bits per heavy atom. The normalized spacial score (nSPS) is 19.9. The van der Waals surface area contributed by atoms with Crippen molar-refractivity contribution in [3.63, 3.8) is 0 Å². The van der Waals surface area contributed by atoms with Crippen LogP contribution >= 0.6 is 0 Å². The molecule has 0 spiro atoms. The Kier molecular flexibility index (Phi) is 3.64. The van der Waals surface area contributed by atoms with Gasteiger partial charge in [0.1, 0.15) is 5.84 Å². The molecule has 0 radical (unpaired) electrons. The van der Waals surface area contributed by atoms with Gasteiger partial charge in [-0.2, -0.15) is 0 Å². The molecule has 0 bridgehead atoms. The van der Waals surface area contributed by atoms with Crippen molar-refractivity contribution in [2.75, 3.05) is 25.2 Å². The van der Waals surface area contributed by atoms with Gasteiger partial charge < -0.3 is 15.4 Å². The molecule has 1 fully saturated rings. The molecule has 0 aromatic heterocycles. The number of hydrogen-bond acceptors (Lipinski definition) is 3. The maximum Gasteiger partial charge on any atom is 0.124 e. The minimum Gasteiger partial charge on any atom is -0.384 e. The second-order valence-electron chi connectivity index (χ2n) is 4.41. The maximum atomic E-state index is 7.60. The first kappa shape index (κ1) is 11.9. The minimum absolute atomic E-state index is 0.115. The fraction of sp³-hybridized carbons (Fsp3) is 0.462. The van der Waals surface area contributed by atoms with Crippen LogP contribution in [0.5, 0.6) is 0 Å². The van der Waals surface area contributed by atoms with E-state index in [1.54, 1.807) is 0 Å². The summed E-state index contributed by atoms with van der Waals surface area (Å²) in [6, 6.07) is 8.15. The van der Waals surface area contributed by atoms with Crippen LogP contribution in [0.25, 0.3) is 0 Å². The summed E-state index contributed by atoms with van der Waals surface area (Å²) in [6.45, 7) is 1.61. The average molecular weight is 233 g/mol. The number of nitrogens with two attached hydrogens (primary N) is 1. The summed E-state index contributed by atoms with van der Waals surface area (Å²) in [7, 11) is 2.04. The highest BCUT2D eigenvalue weighted by Crippen LogP contribution is 2.23. The molecule has 92 valence electrons. The smallest absolute Gasteiger partial charge is 0.124 e. The van der Waals surface area contributed by atoms with Crippen LogP contribution in [0, 0.1) is 5.41 Å². The molecule has 1 aliphatic rings. The Bertz CT molecular complexity index is 399. The van der Waals surface area contributed by atoms with Gasteiger partial charge in [0.15, 0.2) is 0 Å².